The van der Waals surface area contributed by atoms with Crippen LogP contribution in [0.15, 0.2) is 64.0 Å². The van der Waals surface area contributed by atoms with Crippen LogP contribution < -0.4 is 14.8 Å². The van der Waals surface area contributed by atoms with E-state index in [1.165, 1.54) is 28.0 Å². The van der Waals surface area contributed by atoms with Gasteiger partial charge in [-0.2, -0.15) is 14.6 Å². The molecule has 10 nitrogen and oxygen atoms in total. The molecular formula is C21H13BrN6O4S. The van der Waals surface area contributed by atoms with E-state index in [-0.39, 0.29) is 17.9 Å². The molecule has 0 aliphatic carbocycles. The first-order valence-electron chi connectivity index (χ1n) is 9.55. The summed E-state index contributed by atoms with van der Waals surface area (Å²) in [5.41, 5.74) is 1.43. The predicted molar refractivity (Wildman–Crippen MR) is 125 cm³/mol. The fourth-order valence-corrected chi connectivity index (χ4v) is 4.35. The number of aromatic nitrogens is 5. The standard InChI is InChI=1S/C21H13BrN6O4S/c22-14-4-6-16(7-5-14)32-11-18-24-21-27(26-18)20(29)17(33-21)9-13-10-23-25-19(13)12-2-1-3-15(8-12)28(30)31/h1-10H,11H2,(H,23,25)/b17-9-. The number of nitrogens with zero attached hydrogens (tertiary/aromatic N) is 5. The molecule has 0 fully saturated rings. The molecule has 3 heterocycles. The van der Waals surface area contributed by atoms with Crippen LogP contribution in [0.25, 0.3) is 22.3 Å². The van der Waals surface area contributed by atoms with Crippen LogP contribution in [0, 0.1) is 10.1 Å². The molecule has 3 aromatic heterocycles. The number of aromatic amines is 1. The molecule has 2 aromatic carbocycles. The van der Waals surface area contributed by atoms with Crippen LogP contribution in [-0.4, -0.2) is 29.7 Å². The number of rotatable bonds is 6. The van der Waals surface area contributed by atoms with Gasteiger partial charge in [-0.05, 0) is 30.3 Å². The second-order valence-corrected chi connectivity index (χ2v) is 8.81. The molecule has 12 heteroatoms. The maximum absolute atomic E-state index is 12.8. The molecule has 0 saturated heterocycles. The maximum Gasteiger partial charge on any atom is 0.291 e. The smallest absolute Gasteiger partial charge is 0.291 e. The third-order valence-corrected chi connectivity index (χ3v) is 6.20. The summed E-state index contributed by atoms with van der Waals surface area (Å²) in [7, 11) is 0. The lowest BCUT2D eigenvalue weighted by Crippen LogP contribution is -2.24. The molecule has 0 saturated carbocycles. The van der Waals surface area contributed by atoms with Crippen molar-refractivity contribution in [2.45, 2.75) is 6.61 Å². The highest BCUT2D eigenvalue weighted by Gasteiger charge is 2.14. The van der Waals surface area contributed by atoms with E-state index < -0.39 is 4.92 Å². The number of ether oxygens (including phenoxy) is 1. The summed E-state index contributed by atoms with van der Waals surface area (Å²) < 4.78 is 8.27. The first kappa shape index (κ1) is 21.0. The molecule has 0 unspecified atom stereocenters. The first-order chi connectivity index (χ1) is 16.0. The number of nitro groups is 1. The number of hydrogen-bond donors (Lipinski definition) is 1. The molecule has 0 bridgehead atoms. The molecule has 1 N–H and O–H groups in total. The first-order valence-corrected chi connectivity index (χ1v) is 11.2. The van der Waals surface area contributed by atoms with Gasteiger partial charge in [0.15, 0.2) is 5.82 Å². The molecule has 164 valence electrons. The summed E-state index contributed by atoms with van der Waals surface area (Å²) in [5.74, 6) is 1.06. The molecule has 0 radical (unpaired) electrons. The number of nitro benzene ring substituents is 1. The Morgan fingerprint density at radius 2 is 2.06 bits per heavy atom. The van der Waals surface area contributed by atoms with E-state index in [1.807, 2.05) is 24.3 Å². The number of thiazole rings is 1. The Morgan fingerprint density at radius 3 is 2.82 bits per heavy atom. The molecular weight excluding hydrogens is 512 g/mol. The van der Waals surface area contributed by atoms with E-state index in [0.717, 1.165) is 4.47 Å². The van der Waals surface area contributed by atoms with Gasteiger partial charge in [0.2, 0.25) is 4.96 Å². The SMILES string of the molecule is O=c1/c(=C/c2cn[nH]c2-c2cccc([N+](=O)[O-])c2)sc2nc(COc3ccc(Br)cc3)nn12. The Balaban J connectivity index is 1.43. The fraction of sp³-hybridized carbons (Fsp3) is 0.0476. The molecule has 0 aliphatic heterocycles. The van der Waals surface area contributed by atoms with E-state index in [1.54, 1.807) is 24.4 Å². The van der Waals surface area contributed by atoms with Gasteiger partial charge in [0.05, 0.1) is 21.3 Å². The van der Waals surface area contributed by atoms with E-state index >= 15 is 0 Å². The van der Waals surface area contributed by atoms with E-state index in [9.17, 15) is 14.9 Å². The van der Waals surface area contributed by atoms with Crippen molar-refractivity contribution in [2.24, 2.45) is 0 Å². The summed E-state index contributed by atoms with van der Waals surface area (Å²) >= 11 is 4.56. The molecule has 0 aliphatic rings. The summed E-state index contributed by atoms with van der Waals surface area (Å²) in [5, 5.41) is 22.2. The van der Waals surface area contributed by atoms with Crippen LogP contribution in [0.3, 0.4) is 0 Å². The zero-order chi connectivity index (χ0) is 22.9. The van der Waals surface area contributed by atoms with Crippen LogP contribution >= 0.6 is 27.3 Å². The number of benzene rings is 2. The Labute approximate surface area is 197 Å². The second-order valence-electron chi connectivity index (χ2n) is 6.89. The third kappa shape index (κ3) is 4.25. The van der Waals surface area contributed by atoms with Crippen molar-refractivity contribution in [3.63, 3.8) is 0 Å². The van der Waals surface area contributed by atoms with Crippen LogP contribution in [0.4, 0.5) is 5.69 Å². The fourth-order valence-electron chi connectivity index (χ4n) is 3.17. The molecule has 0 spiro atoms. The lowest BCUT2D eigenvalue weighted by Gasteiger charge is -2.02. The second kappa shape index (κ2) is 8.56. The minimum absolute atomic E-state index is 0.0331. The minimum atomic E-state index is -0.461. The Hall–Kier alpha value is -3.90. The largest absolute Gasteiger partial charge is 0.486 e. The zero-order valence-electron chi connectivity index (χ0n) is 16.6. The number of fused-ring (bicyclic) bond motifs is 1. The van der Waals surface area contributed by atoms with E-state index in [0.29, 0.717) is 37.9 Å². The van der Waals surface area contributed by atoms with Gasteiger partial charge in [0.1, 0.15) is 12.4 Å². The van der Waals surface area contributed by atoms with Gasteiger partial charge in [-0.3, -0.25) is 20.0 Å². The summed E-state index contributed by atoms with van der Waals surface area (Å²) in [4.78, 5) is 28.3. The minimum Gasteiger partial charge on any atom is -0.486 e. The average Bonchev–Trinajstić information content (AvgIpc) is 3.51. The van der Waals surface area contributed by atoms with Gasteiger partial charge in [0, 0.05) is 27.7 Å². The van der Waals surface area contributed by atoms with Gasteiger partial charge in [-0.15, -0.1) is 5.10 Å². The third-order valence-electron chi connectivity index (χ3n) is 4.71. The topological polar surface area (TPSA) is 128 Å². The number of nitrogens with one attached hydrogen (secondary N) is 1. The van der Waals surface area contributed by atoms with Crippen molar-refractivity contribution in [1.29, 1.82) is 0 Å². The maximum atomic E-state index is 12.8. The van der Waals surface area contributed by atoms with Gasteiger partial charge in [-0.1, -0.05) is 39.4 Å². The monoisotopic (exact) mass is 524 g/mol. The van der Waals surface area contributed by atoms with Crippen molar-refractivity contribution >= 4 is 44.0 Å². The molecule has 5 aromatic rings. The van der Waals surface area contributed by atoms with Gasteiger partial charge in [-0.25, -0.2) is 0 Å². The molecule has 5 rings (SSSR count). The highest BCUT2D eigenvalue weighted by molar-refractivity contribution is 9.10. The van der Waals surface area contributed by atoms with Crippen molar-refractivity contribution in [1.82, 2.24) is 24.8 Å². The quantitative estimate of drug-likeness (QED) is 0.266. The van der Waals surface area contributed by atoms with Crippen molar-refractivity contribution in [3.05, 3.63) is 95.6 Å². The summed E-state index contributed by atoms with van der Waals surface area (Å²) in [6, 6.07) is 13.6. The number of H-pyrrole nitrogens is 1. The van der Waals surface area contributed by atoms with Gasteiger partial charge in [0.25, 0.3) is 11.2 Å². The van der Waals surface area contributed by atoms with Gasteiger partial charge >= 0.3 is 0 Å². The highest BCUT2D eigenvalue weighted by Crippen LogP contribution is 2.25. The lowest BCUT2D eigenvalue weighted by atomic mass is 10.1. The number of non-ortho nitro benzene ring substituents is 1. The predicted octanol–water partition coefficient (Wildman–Crippen LogP) is 3.34. The van der Waals surface area contributed by atoms with Crippen molar-refractivity contribution in [3.8, 4) is 17.0 Å². The van der Waals surface area contributed by atoms with Crippen LogP contribution in [0.2, 0.25) is 0 Å². The Kier molecular flexibility index (Phi) is 5.44. The van der Waals surface area contributed by atoms with Crippen LogP contribution in [0.1, 0.15) is 11.4 Å². The zero-order valence-corrected chi connectivity index (χ0v) is 19.0. The van der Waals surface area contributed by atoms with Crippen molar-refractivity contribution < 1.29 is 9.66 Å². The van der Waals surface area contributed by atoms with Crippen LogP contribution in [0.5, 0.6) is 5.75 Å². The molecule has 0 atom stereocenters. The molecule has 0 amide bonds. The normalized spacial score (nSPS) is 11.8. The lowest BCUT2D eigenvalue weighted by molar-refractivity contribution is -0.384. The summed E-state index contributed by atoms with van der Waals surface area (Å²) in [6.45, 7) is 0.132. The van der Waals surface area contributed by atoms with Crippen molar-refractivity contribution in [2.75, 3.05) is 0 Å². The Morgan fingerprint density at radius 1 is 1.24 bits per heavy atom. The van der Waals surface area contributed by atoms with Crippen LogP contribution in [-0.2, 0) is 6.61 Å². The van der Waals surface area contributed by atoms with E-state index in [2.05, 4.69) is 36.2 Å². The van der Waals surface area contributed by atoms with Gasteiger partial charge < -0.3 is 4.74 Å². The van der Waals surface area contributed by atoms with E-state index in [4.69, 9.17) is 4.74 Å². The number of hydrogen-bond acceptors (Lipinski definition) is 8. The number of halogens is 1. The Bertz CT molecular complexity index is 1590. The molecule has 33 heavy (non-hydrogen) atoms. The average molecular weight is 525 g/mol. The highest BCUT2D eigenvalue weighted by atomic mass is 79.9. The summed E-state index contributed by atoms with van der Waals surface area (Å²) in [6.07, 6.45) is 3.22.